The van der Waals surface area contributed by atoms with Crippen molar-refractivity contribution < 1.29 is 9.18 Å². The predicted octanol–water partition coefficient (Wildman–Crippen LogP) is 3.27. The summed E-state index contributed by atoms with van der Waals surface area (Å²) in [7, 11) is 0. The van der Waals surface area contributed by atoms with Crippen molar-refractivity contribution in [1.82, 2.24) is 4.98 Å². The number of halogens is 2. The molecule has 0 unspecified atom stereocenters. The van der Waals surface area contributed by atoms with E-state index < -0.39 is 11.1 Å². The summed E-state index contributed by atoms with van der Waals surface area (Å²) >= 11 is 5.41. The summed E-state index contributed by atoms with van der Waals surface area (Å²) < 4.78 is 13.7. The Kier molecular flexibility index (Phi) is 2.97. The number of nitrogens with zero attached hydrogens (tertiary/aromatic N) is 1. The largest absolute Gasteiger partial charge is 0.276 e. The number of carbonyl (C=O) groups excluding carboxylic acids is 1. The molecule has 16 heavy (non-hydrogen) atoms. The first-order valence-electron chi connectivity index (χ1n) is 4.59. The number of carbonyl (C=O) groups is 1. The van der Waals surface area contributed by atoms with Crippen LogP contribution in [0.2, 0.25) is 0 Å². The molecule has 0 saturated carbocycles. The Bertz CT molecular complexity index is 528. The number of pyridine rings is 1. The van der Waals surface area contributed by atoms with E-state index in [0.717, 1.165) is 0 Å². The zero-order valence-corrected chi connectivity index (χ0v) is 8.91. The van der Waals surface area contributed by atoms with E-state index in [0.29, 0.717) is 5.56 Å². The lowest BCUT2D eigenvalue weighted by Gasteiger charge is -2.06. The van der Waals surface area contributed by atoms with Gasteiger partial charge >= 0.3 is 0 Å². The van der Waals surface area contributed by atoms with E-state index in [9.17, 15) is 9.18 Å². The molecule has 0 fully saturated rings. The minimum absolute atomic E-state index is 0.160. The van der Waals surface area contributed by atoms with Crippen molar-refractivity contribution in [3.63, 3.8) is 0 Å². The maximum atomic E-state index is 13.7. The third-order valence-corrected chi connectivity index (χ3v) is 2.40. The molecule has 0 aliphatic heterocycles. The topological polar surface area (TPSA) is 30.0 Å². The van der Waals surface area contributed by atoms with Crippen molar-refractivity contribution >= 4 is 16.8 Å². The summed E-state index contributed by atoms with van der Waals surface area (Å²) in [6.45, 7) is 0. The SMILES string of the molecule is O=C(Cl)c1cccc(F)c1-c1ccncc1. The van der Waals surface area contributed by atoms with Crippen molar-refractivity contribution in [3.05, 3.63) is 54.1 Å². The Labute approximate surface area is 96.7 Å². The number of hydrogen-bond acceptors (Lipinski definition) is 2. The van der Waals surface area contributed by atoms with Crippen molar-refractivity contribution in [2.24, 2.45) is 0 Å². The van der Waals surface area contributed by atoms with Gasteiger partial charge in [0.15, 0.2) is 0 Å². The van der Waals surface area contributed by atoms with Crippen LogP contribution in [0.25, 0.3) is 11.1 Å². The molecule has 0 bridgehead atoms. The molecule has 0 radical (unpaired) electrons. The Balaban J connectivity index is 2.68. The first-order chi connectivity index (χ1) is 7.70. The first-order valence-corrected chi connectivity index (χ1v) is 4.96. The Hall–Kier alpha value is -1.74. The molecule has 0 aliphatic rings. The molecule has 0 aliphatic carbocycles. The number of aromatic nitrogens is 1. The van der Waals surface area contributed by atoms with Gasteiger partial charge < -0.3 is 0 Å². The Morgan fingerprint density at radius 3 is 2.50 bits per heavy atom. The molecule has 4 heteroatoms. The van der Waals surface area contributed by atoms with Crippen molar-refractivity contribution in [3.8, 4) is 11.1 Å². The van der Waals surface area contributed by atoms with Gasteiger partial charge in [-0.1, -0.05) is 6.07 Å². The molecule has 0 saturated heterocycles. The minimum Gasteiger partial charge on any atom is -0.276 e. The molecule has 2 nitrogen and oxygen atoms in total. The van der Waals surface area contributed by atoms with E-state index in [2.05, 4.69) is 4.98 Å². The summed E-state index contributed by atoms with van der Waals surface area (Å²) in [5.74, 6) is -0.474. The van der Waals surface area contributed by atoms with Gasteiger partial charge in [0.25, 0.3) is 5.24 Å². The molecule has 2 rings (SSSR count). The van der Waals surface area contributed by atoms with Crippen molar-refractivity contribution in [2.45, 2.75) is 0 Å². The summed E-state index contributed by atoms with van der Waals surface area (Å²) in [6.07, 6.45) is 3.06. The maximum Gasteiger partial charge on any atom is 0.253 e. The fourth-order valence-electron chi connectivity index (χ4n) is 1.50. The van der Waals surface area contributed by atoms with Crippen molar-refractivity contribution in [1.29, 1.82) is 0 Å². The normalized spacial score (nSPS) is 10.1. The van der Waals surface area contributed by atoms with Gasteiger partial charge in [0.2, 0.25) is 0 Å². The molecule has 0 N–H and O–H groups in total. The molecule has 1 aromatic heterocycles. The third-order valence-electron chi connectivity index (χ3n) is 2.19. The highest BCUT2D eigenvalue weighted by Crippen LogP contribution is 2.27. The summed E-state index contributed by atoms with van der Waals surface area (Å²) in [6, 6.07) is 7.49. The monoisotopic (exact) mass is 235 g/mol. The van der Waals surface area contributed by atoms with Crippen LogP contribution in [-0.2, 0) is 0 Å². The average molecular weight is 236 g/mol. The third kappa shape index (κ3) is 1.95. The van der Waals surface area contributed by atoms with E-state index in [4.69, 9.17) is 11.6 Å². The lowest BCUT2D eigenvalue weighted by Crippen LogP contribution is -1.96. The second kappa shape index (κ2) is 4.41. The fraction of sp³-hybridized carbons (Fsp3) is 0. The smallest absolute Gasteiger partial charge is 0.253 e. The van der Waals surface area contributed by atoms with Crippen LogP contribution < -0.4 is 0 Å². The first kappa shape index (κ1) is 10.8. The van der Waals surface area contributed by atoms with Crippen LogP contribution in [-0.4, -0.2) is 10.2 Å². The van der Waals surface area contributed by atoms with Gasteiger partial charge in [-0.2, -0.15) is 0 Å². The molecular formula is C12H7ClFNO. The average Bonchev–Trinajstić information content (AvgIpc) is 2.29. The second-order valence-electron chi connectivity index (χ2n) is 3.17. The maximum absolute atomic E-state index is 13.7. The molecule has 0 atom stereocenters. The predicted molar refractivity (Wildman–Crippen MR) is 59.8 cm³/mol. The summed E-state index contributed by atoms with van der Waals surface area (Å²) in [5, 5.41) is -0.675. The van der Waals surface area contributed by atoms with Gasteiger partial charge in [-0.3, -0.25) is 9.78 Å². The Morgan fingerprint density at radius 1 is 1.19 bits per heavy atom. The van der Waals surface area contributed by atoms with E-state index in [1.165, 1.54) is 30.6 Å². The van der Waals surface area contributed by atoms with E-state index in [1.807, 2.05) is 0 Å². The quantitative estimate of drug-likeness (QED) is 0.748. The highest BCUT2D eigenvalue weighted by Gasteiger charge is 2.14. The lowest BCUT2D eigenvalue weighted by molar-refractivity contribution is 0.108. The van der Waals surface area contributed by atoms with Crippen LogP contribution in [0.5, 0.6) is 0 Å². The number of benzene rings is 1. The van der Waals surface area contributed by atoms with Crippen LogP contribution >= 0.6 is 11.6 Å². The van der Waals surface area contributed by atoms with Gasteiger partial charge in [-0.05, 0) is 41.4 Å². The summed E-state index contributed by atoms with van der Waals surface area (Å²) in [5.41, 5.74) is 0.954. The molecule has 2 aromatic rings. The van der Waals surface area contributed by atoms with Crippen LogP contribution in [0, 0.1) is 5.82 Å². The lowest BCUT2D eigenvalue weighted by atomic mass is 10.0. The highest BCUT2D eigenvalue weighted by atomic mass is 35.5. The van der Waals surface area contributed by atoms with Crippen LogP contribution in [0.3, 0.4) is 0 Å². The Morgan fingerprint density at radius 2 is 1.88 bits per heavy atom. The zero-order chi connectivity index (χ0) is 11.5. The highest BCUT2D eigenvalue weighted by molar-refractivity contribution is 6.68. The van der Waals surface area contributed by atoms with Crippen LogP contribution in [0.15, 0.2) is 42.7 Å². The molecular weight excluding hydrogens is 229 g/mol. The molecule has 0 spiro atoms. The fourth-order valence-corrected chi connectivity index (χ4v) is 1.66. The standard InChI is InChI=1S/C12H7ClFNO/c13-12(16)9-2-1-3-10(14)11(9)8-4-6-15-7-5-8/h1-7H. The number of rotatable bonds is 2. The minimum atomic E-state index is -0.675. The molecule has 0 amide bonds. The molecule has 1 aromatic carbocycles. The van der Waals surface area contributed by atoms with Crippen molar-refractivity contribution in [2.75, 3.05) is 0 Å². The number of hydrogen-bond donors (Lipinski definition) is 0. The van der Waals surface area contributed by atoms with Gasteiger partial charge in [0.1, 0.15) is 5.82 Å². The van der Waals surface area contributed by atoms with Crippen LogP contribution in [0.1, 0.15) is 10.4 Å². The van der Waals surface area contributed by atoms with E-state index in [-0.39, 0.29) is 11.1 Å². The molecule has 80 valence electrons. The van der Waals surface area contributed by atoms with Crippen LogP contribution in [0.4, 0.5) is 4.39 Å². The zero-order valence-electron chi connectivity index (χ0n) is 8.15. The molecule has 1 heterocycles. The van der Waals surface area contributed by atoms with E-state index in [1.54, 1.807) is 12.1 Å². The summed E-state index contributed by atoms with van der Waals surface area (Å²) in [4.78, 5) is 15.0. The van der Waals surface area contributed by atoms with Gasteiger partial charge in [-0.15, -0.1) is 0 Å². The van der Waals surface area contributed by atoms with Gasteiger partial charge in [0.05, 0.1) is 0 Å². The van der Waals surface area contributed by atoms with Gasteiger partial charge in [-0.25, -0.2) is 4.39 Å². The second-order valence-corrected chi connectivity index (χ2v) is 3.52. The van der Waals surface area contributed by atoms with Gasteiger partial charge in [0, 0.05) is 23.5 Å². The van der Waals surface area contributed by atoms with E-state index >= 15 is 0 Å².